The molecule has 0 spiro atoms. The molecule has 0 saturated carbocycles. The number of piperazine rings is 1. The van der Waals surface area contributed by atoms with Crippen molar-refractivity contribution in [2.24, 2.45) is 0 Å². The van der Waals surface area contributed by atoms with Gasteiger partial charge in [0.15, 0.2) is 0 Å². The fourth-order valence-electron chi connectivity index (χ4n) is 2.84. The Morgan fingerprint density at radius 1 is 1.19 bits per heavy atom. The van der Waals surface area contributed by atoms with Crippen LogP contribution in [0.2, 0.25) is 0 Å². The molecule has 1 N–H and O–H groups in total. The standard InChI is InChI=1S/C19H22N4O3/c1-15(21-18(24)8-7-16-5-4-14-26-16)19(25)23-12-10-22(11-13-23)17-6-2-3-9-20-17/h2-9,14-15H,10-13H2,1H3,(H,21,24)/b8-7+. The van der Waals surface area contributed by atoms with Crippen molar-refractivity contribution in [3.63, 3.8) is 0 Å². The molecule has 7 nitrogen and oxygen atoms in total. The van der Waals surface area contributed by atoms with Gasteiger partial charge in [-0.15, -0.1) is 0 Å². The number of rotatable bonds is 5. The second kappa shape index (κ2) is 8.33. The summed E-state index contributed by atoms with van der Waals surface area (Å²) in [5.41, 5.74) is 0. The zero-order valence-electron chi connectivity index (χ0n) is 14.7. The number of pyridine rings is 1. The van der Waals surface area contributed by atoms with E-state index in [0.717, 1.165) is 18.9 Å². The molecule has 1 saturated heterocycles. The van der Waals surface area contributed by atoms with E-state index in [1.54, 1.807) is 36.2 Å². The first-order valence-corrected chi connectivity index (χ1v) is 8.60. The Labute approximate surface area is 152 Å². The second-order valence-corrected chi connectivity index (χ2v) is 6.08. The topological polar surface area (TPSA) is 78.7 Å². The van der Waals surface area contributed by atoms with Gasteiger partial charge < -0.3 is 19.5 Å². The van der Waals surface area contributed by atoms with Gasteiger partial charge in [0.05, 0.1) is 6.26 Å². The van der Waals surface area contributed by atoms with Crippen molar-refractivity contribution >= 4 is 23.7 Å². The Bertz CT molecular complexity index is 750. The Balaban J connectivity index is 1.47. The average Bonchev–Trinajstić information content (AvgIpc) is 3.20. The summed E-state index contributed by atoms with van der Waals surface area (Å²) in [6.07, 6.45) is 6.23. The number of carbonyl (C=O) groups is 2. The maximum absolute atomic E-state index is 12.5. The molecule has 26 heavy (non-hydrogen) atoms. The van der Waals surface area contributed by atoms with E-state index in [1.807, 2.05) is 18.2 Å². The summed E-state index contributed by atoms with van der Waals surface area (Å²) in [4.78, 5) is 32.8. The first-order chi connectivity index (χ1) is 12.6. The van der Waals surface area contributed by atoms with Gasteiger partial charge in [0.1, 0.15) is 17.6 Å². The molecule has 1 fully saturated rings. The molecular formula is C19H22N4O3. The van der Waals surface area contributed by atoms with Gasteiger partial charge in [-0.05, 0) is 37.3 Å². The Morgan fingerprint density at radius 2 is 2.00 bits per heavy atom. The van der Waals surface area contributed by atoms with E-state index in [4.69, 9.17) is 4.42 Å². The van der Waals surface area contributed by atoms with Gasteiger partial charge in [0, 0.05) is 38.5 Å². The molecule has 1 aliphatic rings. The Kier molecular flexibility index (Phi) is 5.68. The SMILES string of the molecule is CC(NC(=O)/C=C/c1ccco1)C(=O)N1CCN(c2ccccn2)CC1. The maximum Gasteiger partial charge on any atom is 0.244 e. The molecule has 2 aromatic rings. The van der Waals surface area contributed by atoms with E-state index in [2.05, 4.69) is 15.2 Å². The van der Waals surface area contributed by atoms with Crippen LogP contribution in [-0.2, 0) is 9.59 Å². The van der Waals surface area contributed by atoms with Crippen LogP contribution in [0.3, 0.4) is 0 Å². The van der Waals surface area contributed by atoms with Crippen LogP contribution in [0.5, 0.6) is 0 Å². The van der Waals surface area contributed by atoms with Crippen LogP contribution >= 0.6 is 0 Å². The van der Waals surface area contributed by atoms with Crippen LogP contribution < -0.4 is 10.2 Å². The summed E-state index contributed by atoms with van der Waals surface area (Å²) < 4.78 is 5.13. The van der Waals surface area contributed by atoms with E-state index in [1.165, 1.54) is 12.3 Å². The molecule has 7 heteroatoms. The molecule has 136 valence electrons. The van der Waals surface area contributed by atoms with E-state index >= 15 is 0 Å². The van der Waals surface area contributed by atoms with Crippen LogP contribution in [0.15, 0.2) is 53.3 Å². The predicted octanol–water partition coefficient (Wildman–Crippen LogP) is 1.54. The van der Waals surface area contributed by atoms with Crippen LogP contribution in [0, 0.1) is 0 Å². The zero-order chi connectivity index (χ0) is 18.4. The van der Waals surface area contributed by atoms with Crippen LogP contribution in [-0.4, -0.2) is 53.9 Å². The van der Waals surface area contributed by atoms with Crippen LogP contribution in [0.4, 0.5) is 5.82 Å². The summed E-state index contributed by atoms with van der Waals surface area (Å²) in [5.74, 6) is 1.11. The predicted molar refractivity (Wildman–Crippen MR) is 98.4 cm³/mol. The normalized spacial score (nSPS) is 15.9. The van der Waals surface area contributed by atoms with Gasteiger partial charge in [-0.3, -0.25) is 9.59 Å². The highest BCUT2D eigenvalue weighted by Gasteiger charge is 2.25. The lowest BCUT2D eigenvalue weighted by molar-refractivity contribution is -0.135. The molecule has 0 aromatic carbocycles. The van der Waals surface area contributed by atoms with Crippen molar-refractivity contribution in [3.8, 4) is 0 Å². The number of carbonyl (C=O) groups excluding carboxylic acids is 2. The van der Waals surface area contributed by atoms with Gasteiger partial charge in [0.25, 0.3) is 0 Å². The largest absolute Gasteiger partial charge is 0.465 e. The minimum absolute atomic E-state index is 0.0783. The Hall–Kier alpha value is -3.09. The number of nitrogens with zero attached hydrogens (tertiary/aromatic N) is 3. The number of aromatic nitrogens is 1. The highest BCUT2D eigenvalue weighted by molar-refractivity contribution is 5.95. The lowest BCUT2D eigenvalue weighted by atomic mass is 10.2. The summed E-state index contributed by atoms with van der Waals surface area (Å²) in [7, 11) is 0. The molecule has 3 rings (SSSR count). The van der Waals surface area contributed by atoms with Crippen LogP contribution in [0.1, 0.15) is 12.7 Å². The molecule has 0 radical (unpaired) electrons. The van der Waals surface area contributed by atoms with Gasteiger partial charge in [0.2, 0.25) is 11.8 Å². The third-order valence-electron chi connectivity index (χ3n) is 4.24. The molecule has 0 bridgehead atoms. The summed E-state index contributed by atoms with van der Waals surface area (Å²) in [6, 6.07) is 8.71. The molecule has 2 aromatic heterocycles. The molecule has 1 atom stereocenters. The van der Waals surface area contributed by atoms with Crippen molar-refractivity contribution in [2.45, 2.75) is 13.0 Å². The second-order valence-electron chi connectivity index (χ2n) is 6.08. The van der Waals surface area contributed by atoms with Gasteiger partial charge in [-0.2, -0.15) is 0 Å². The number of hydrogen-bond donors (Lipinski definition) is 1. The van der Waals surface area contributed by atoms with E-state index < -0.39 is 6.04 Å². The van der Waals surface area contributed by atoms with Crippen molar-refractivity contribution in [1.29, 1.82) is 0 Å². The van der Waals surface area contributed by atoms with E-state index in [9.17, 15) is 9.59 Å². The van der Waals surface area contributed by atoms with Gasteiger partial charge >= 0.3 is 0 Å². The quantitative estimate of drug-likeness (QED) is 0.824. The minimum Gasteiger partial charge on any atom is -0.465 e. The fraction of sp³-hybridized carbons (Fsp3) is 0.316. The number of anilines is 1. The zero-order valence-corrected chi connectivity index (χ0v) is 14.7. The third kappa shape index (κ3) is 4.50. The van der Waals surface area contributed by atoms with Crippen molar-refractivity contribution in [2.75, 3.05) is 31.1 Å². The van der Waals surface area contributed by atoms with Gasteiger partial charge in [-0.1, -0.05) is 6.07 Å². The van der Waals surface area contributed by atoms with Crippen molar-refractivity contribution < 1.29 is 14.0 Å². The van der Waals surface area contributed by atoms with E-state index in [-0.39, 0.29) is 11.8 Å². The number of amides is 2. The third-order valence-corrected chi connectivity index (χ3v) is 4.24. The lowest BCUT2D eigenvalue weighted by Crippen LogP contribution is -2.54. The number of hydrogen-bond acceptors (Lipinski definition) is 5. The number of nitrogens with one attached hydrogen (secondary N) is 1. The summed E-state index contributed by atoms with van der Waals surface area (Å²) >= 11 is 0. The molecule has 0 aliphatic carbocycles. The molecule has 3 heterocycles. The lowest BCUT2D eigenvalue weighted by Gasteiger charge is -2.36. The Morgan fingerprint density at radius 3 is 2.65 bits per heavy atom. The molecule has 2 amide bonds. The molecular weight excluding hydrogens is 332 g/mol. The number of furan rings is 1. The van der Waals surface area contributed by atoms with Crippen molar-refractivity contribution in [1.82, 2.24) is 15.2 Å². The highest BCUT2D eigenvalue weighted by Crippen LogP contribution is 2.13. The maximum atomic E-state index is 12.5. The van der Waals surface area contributed by atoms with E-state index in [0.29, 0.717) is 18.8 Å². The van der Waals surface area contributed by atoms with Crippen LogP contribution in [0.25, 0.3) is 6.08 Å². The fourth-order valence-corrected chi connectivity index (χ4v) is 2.84. The van der Waals surface area contributed by atoms with Gasteiger partial charge in [-0.25, -0.2) is 4.98 Å². The molecule has 1 unspecified atom stereocenters. The smallest absolute Gasteiger partial charge is 0.244 e. The minimum atomic E-state index is -0.579. The van der Waals surface area contributed by atoms with Crippen molar-refractivity contribution in [3.05, 3.63) is 54.6 Å². The monoisotopic (exact) mass is 354 g/mol. The summed E-state index contributed by atoms with van der Waals surface area (Å²) in [5, 5.41) is 2.70. The first kappa shape index (κ1) is 17.7. The highest BCUT2D eigenvalue weighted by atomic mass is 16.3. The first-order valence-electron chi connectivity index (χ1n) is 8.60. The molecule has 1 aliphatic heterocycles. The summed E-state index contributed by atoms with van der Waals surface area (Å²) in [6.45, 7) is 4.37. The average molecular weight is 354 g/mol.